The number of ether oxygens (including phenoxy) is 1. The summed E-state index contributed by atoms with van der Waals surface area (Å²) < 4.78 is 5.29. The molecule has 19 heavy (non-hydrogen) atoms. The molecular weight excluding hydrogens is 240 g/mol. The molecule has 0 aromatic carbocycles. The summed E-state index contributed by atoms with van der Waals surface area (Å²) in [7, 11) is 0. The summed E-state index contributed by atoms with van der Waals surface area (Å²) in [6.07, 6.45) is 3.67. The lowest BCUT2D eigenvalue weighted by Gasteiger charge is -2.19. The topological polar surface area (TPSA) is 52.1 Å². The number of pyridine rings is 2. The highest BCUT2D eigenvalue weighted by molar-refractivity contribution is 5.79. The molecule has 0 amide bonds. The second kappa shape index (κ2) is 4.96. The molecule has 0 aliphatic heterocycles. The van der Waals surface area contributed by atoms with Crippen molar-refractivity contribution in [2.75, 3.05) is 0 Å². The number of aromatic nitrogens is 2. The summed E-state index contributed by atoms with van der Waals surface area (Å²) in [4.78, 5) is 20.4. The monoisotopic (exact) mass is 258 g/mol. The molecular formula is C15H18N2O2. The standard InChI is InChI=1S/C15H18N2O2/c1-10-5-6-16-12-7-11(9-17-14(10)12)8-13(18)19-15(2,3)4/h5-7,9H,8H2,1-4H3. The Labute approximate surface area is 112 Å². The van der Waals surface area contributed by atoms with E-state index in [1.54, 1.807) is 12.4 Å². The largest absolute Gasteiger partial charge is 0.460 e. The highest BCUT2D eigenvalue weighted by Crippen LogP contribution is 2.16. The predicted octanol–water partition coefficient (Wildman–Crippen LogP) is 2.82. The van der Waals surface area contributed by atoms with Crippen LogP contribution >= 0.6 is 0 Å². The molecule has 0 atom stereocenters. The van der Waals surface area contributed by atoms with Crippen LogP contribution in [0.2, 0.25) is 0 Å². The Morgan fingerprint density at radius 1 is 1.32 bits per heavy atom. The van der Waals surface area contributed by atoms with Gasteiger partial charge in [-0.25, -0.2) is 0 Å². The minimum absolute atomic E-state index is 0.218. The smallest absolute Gasteiger partial charge is 0.310 e. The Balaban J connectivity index is 2.20. The molecule has 0 aliphatic carbocycles. The molecule has 0 saturated heterocycles. The van der Waals surface area contributed by atoms with Gasteiger partial charge in [0.1, 0.15) is 5.60 Å². The van der Waals surface area contributed by atoms with Crippen molar-refractivity contribution >= 4 is 17.0 Å². The molecule has 0 N–H and O–H groups in total. The number of nitrogens with zero attached hydrogens (tertiary/aromatic N) is 2. The van der Waals surface area contributed by atoms with Crippen LogP contribution in [0, 0.1) is 6.92 Å². The molecule has 0 spiro atoms. The van der Waals surface area contributed by atoms with Crippen LogP contribution in [0.25, 0.3) is 11.0 Å². The zero-order valence-corrected chi connectivity index (χ0v) is 11.7. The minimum atomic E-state index is -0.462. The van der Waals surface area contributed by atoms with E-state index in [9.17, 15) is 4.79 Å². The highest BCUT2D eigenvalue weighted by Gasteiger charge is 2.16. The molecule has 2 rings (SSSR count). The van der Waals surface area contributed by atoms with Gasteiger partial charge in [0.25, 0.3) is 0 Å². The normalized spacial score (nSPS) is 11.6. The number of hydrogen-bond acceptors (Lipinski definition) is 4. The van der Waals surface area contributed by atoms with Gasteiger partial charge in [0.05, 0.1) is 17.5 Å². The number of fused-ring (bicyclic) bond motifs is 1. The number of carbonyl (C=O) groups is 1. The molecule has 2 heterocycles. The van der Waals surface area contributed by atoms with Gasteiger partial charge in [0.2, 0.25) is 0 Å². The van der Waals surface area contributed by atoms with Crippen LogP contribution in [-0.2, 0) is 16.0 Å². The molecule has 2 aromatic heterocycles. The van der Waals surface area contributed by atoms with Crippen molar-refractivity contribution in [2.24, 2.45) is 0 Å². The van der Waals surface area contributed by atoms with Crippen LogP contribution < -0.4 is 0 Å². The fourth-order valence-corrected chi connectivity index (χ4v) is 1.85. The Bertz CT molecular complexity index is 615. The van der Waals surface area contributed by atoms with Crippen molar-refractivity contribution < 1.29 is 9.53 Å². The molecule has 0 fully saturated rings. The maximum Gasteiger partial charge on any atom is 0.310 e. The van der Waals surface area contributed by atoms with E-state index in [1.165, 1.54) is 0 Å². The van der Waals surface area contributed by atoms with Crippen molar-refractivity contribution in [2.45, 2.75) is 39.7 Å². The lowest BCUT2D eigenvalue weighted by atomic mass is 10.1. The van der Waals surface area contributed by atoms with Crippen molar-refractivity contribution in [3.63, 3.8) is 0 Å². The predicted molar refractivity (Wildman–Crippen MR) is 73.8 cm³/mol. The van der Waals surface area contributed by atoms with Crippen molar-refractivity contribution in [3.8, 4) is 0 Å². The molecule has 4 heteroatoms. The van der Waals surface area contributed by atoms with E-state index in [0.717, 1.165) is 22.2 Å². The number of carbonyl (C=O) groups excluding carboxylic acids is 1. The molecule has 2 aromatic rings. The lowest BCUT2D eigenvalue weighted by molar-refractivity contribution is -0.153. The fraction of sp³-hybridized carbons (Fsp3) is 0.400. The Morgan fingerprint density at radius 3 is 2.74 bits per heavy atom. The second-order valence-corrected chi connectivity index (χ2v) is 5.60. The van der Waals surface area contributed by atoms with E-state index < -0.39 is 5.60 Å². The first kappa shape index (κ1) is 13.5. The second-order valence-electron chi connectivity index (χ2n) is 5.60. The third-order valence-electron chi connectivity index (χ3n) is 2.60. The number of esters is 1. The Kier molecular flexibility index (Phi) is 3.51. The highest BCUT2D eigenvalue weighted by atomic mass is 16.6. The van der Waals surface area contributed by atoms with E-state index >= 15 is 0 Å². The van der Waals surface area contributed by atoms with E-state index in [1.807, 2.05) is 39.8 Å². The van der Waals surface area contributed by atoms with Crippen LogP contribution in [0.5, 0.6) is 0 Å². The SMILES string of the molecule is Cc1ccnc2cc(CC(=O)OC(C)(C)C)cnc12. The van der Waals surface area contributed by atoms with Crippen LogP contribution in [0.3, 0.4) is 0 Å². The zero-order chi connectivity index (χ0) is 14.0. The number of hydrogen-bond donors (Lipinski definition) is 0. The first-order chi connectivity index (χ1) is 8.85. The maximum absolute atomic E-state index is 11.8. The molecule has 0 bridgehead atoms. The van der Waals surface area contributed by atoms with Crippen molar-refractivity contribution in [3.05, 3.63) is 35.7 Å². The first-order valence-corrected chi connectivity index (χ1v) is 6.27. The molecule has 0 radical (unpaired) electrons. The van der Waals surface area contributed by atoms with E-state index in [-0.39, 0.29) is 12.4 Å². The summed E-state index contributed by atoms with van der Waals surface area (Å²) >= 11 is 0. The summed E-state index contributed by atoms with van der Waals surface area (Å²) in [6.45, 7) is 7.56. The van der Waals surface area contributed by atoms with Gasteiger partial charge in [0.15, 0.2) is 0 Å². The quantitative estimate of drug-likeness (QED) is 0.777. The Morgan fingerprint density at radius 2 is 2.05 bits per heavy atom. The van der Waals surface area contributed by atoms with E-state index in [2.05, 4.69) is 9.97 Å². The van der Waals surface area contributed by atoms with Crippen LogP contribution in [0.4, 0.5) is 0 Å². The molecule has 0 aliphatic rings. The lowest BCUT2D eigenvalue weighted by Crippen LogP contribution is -2.24. The average molecular weight is 258 g/mol. The van der Waals surface area contributed by atoms with Gasteiger partial charge in [-0.2, -0.15) is 0 Å². The van der Waals surface area contributed by atoms with Gasteiger partial charge in [-0.05, 0) is 51.0 Å². The average Bonchev–Trinajstić information content (AvgIpc) is 2.26. The number of rotatable bonds is 2. The van der Waals surface area contributed by atoms with Gasteiger partial charge < -0.3 is 4.74 Å². The first-order valence-electron chi connectivity index (χ1n) is 6.27. The maximum atomic E-state index is 11.8. The van der Waals surface area contributed by atoms with E-state index in [4.69, 9.17) is 4.74 Å². The molecule has 100 valence electrons. The third-order valence-corrected chi connectivity index (χ3v) is 2.60. The van der Waals surface area contributed by atoms with Crippen LogP contribution in [-0.4, -0.2) is 21.5 Å². The van der Waals surface area contributed by atoms with Crippen molar-refractivity contribution in [1.29, 1.82) is 0 Å². The number of aryl methyl sites for hydroxylation is 1. The van der Waals surface area contributed by atoms with E-state index in [0.29, 0.717) is 0 Å². The third kappa shape index (κ3) is 3.50. The molecule has 4 nitrogen and oxygen atoms in total. The Hall–Kier alpha value is -1.97. The van der Waals surface area contributed by atoms with Crippen molar-refractivity contribution in [1.82, 2.24) is 9.97 Å². The summed E-state index contributed by atoms with van der Waals surface area (Å²) in [6, 6.07) is 3.81. The van der Waals surface area contributed by atoms with Gasteiger partial charge in [-0.1, -0.05) is 0 Å². The summed E-state index contributed by atoms with van der Waals surface area (Å²) in [5, 5.41) is 0. The van der Waals surface area contributed by atoms with Gasteiger partial charge in [-0.15, -0.1) is 0 Å². The fourth-order valence-electron chi connectivity index (χ4n) is 1.85. The minimum Gasteiger partial charge on any atom is -0.460 e. The van der Waals surface area contributed by atoms with Gasteiger partial charge >= 0.3 is 5.97 Å². The van der Waals surface area contributed by atoms with Gasteiger partial charge in [-0.3, -0.25) is 14.8 Å². The zero-order valence-electron chi connectivity index (χ0n) is 11.7. The summed E-state index contributed by atoms with van der Waals surface area (Å²) in [5.41, 5.74) is 3.11. The van der Waals surface area contributed by atoms with Crippen LogP contribution in [0.1, 0.15) is 31.9 Å². The molecule has 0 saturated carbocycles. The molecule has 0 unspecified atom stereocenters. The summed E-state index contributed by atoms with van der Waals surface area (Å²) in [5.74, 6) is -0.249. The van der Waals surface area contributed by atoms with Gasteiger partial charge in [0, 0.05) is 12.4 Å². The van der Waals surface area contributed by atoms with Crippen LogP contribution in [0.15, 0.2) is 24.5 Å².